The molecule has 1 aromatic rings. The van der Waals surface area contributed by atoms with Gasteiger partial charge in [-0.25, -0.2) is 0 Å². The van der Waals surface area contributed by atoms with Gasteiger partial charge in [0.2, 0.25) is 11.7 Å². The normalized spacial score (nSPS) is 26.6. The van der Waals surface area contributed by atoms with Gasteiger partial charge < -0.3 is 36.6 Å². The van der Waals surface area contributed by atoms with Gasteiger partial charge in [0.05, 0.1) is 23.7 Å². The number of nitrogens with two attached hydrogens (primary N) is 1. The minimum absolute atomic E-state index is 0.0415. The summed E-state index contributed by atoms with van der Waals surface area (Å²) < 4.78 is 0. The number of phenols is 1. The molecule has 8 N–H and O–H groups in total. The number of allylic oxidation sites excluding steroid dienone is 1. The standard InChI is InChI=1S/C25H27N3O10/c1-28(2)18-11-8-10-7-9-3-4-12(27-13(29)5-6-14(30)31)19(32)15(9)20(33)16(10)22(35)25(11,38)23(36)17(21(18)34)24(26)37/h3-4,10-11,18,32,34-35,38H,5-8H2,1-2H3,(H2,26,37)(H,27,29)(H,30,31). The van der Waals surface area contributed by atoms with E-state index in [0.717, 1.165) is 0 Å². The second-order valence-electron chi connectivity index (χ2n) is 9.90. The van der Waals surface area contributed by atoms with Gasteiger partial charge in [-0.1, -0.05) is 6.07 Å². The molecule has 0 saturated heterocycles. The molecular weight excluding hydrogens is 502 g/mol. The fourth-order valence-corrected chi connectivity index (χ4v) is 5.76. The number of Topliss-reactive ketones (excluding diaryl/α,β-unsaturated/α-hetero) is 2. The first-order valence-electron chi connectivity index (χ1n) is 11.7. The van der Waals surface area contributed by atoms with Crippen molar-refractivity contribution in [2.45, 2.75) is 37.3 Å². The average Bonchev–Trinajstić information content (AvgIpc) is 2.81. The lowest BCUT2D eigenvalue weighted by Gasteiger charge is -2.50. The number of amides is 2. The lowest BCUT2D eigenvalue weighted by Crippen LogP contribution is -2.63. The summed E-state index contributed by atoms with van der Waals surface area (Å²) in [5, 5.41) is 55.5. The van der Waals surface area contributed by atoms with Crippen LogP contribution in [0.15, 0.2) is 34.8 Å². The van der Waals surface area contributed by atoms with Crippen molar-refractivity contribution >= 4 is 35.0 Å². The molecule has 13 heteroatoms. The molecule has 4 unspecified atom stereocenters. The Morgan fingerprint density at radius 1 is 1.13 bits per heavy atom. The number of aliphatic hydroxyl groups is 3. The molecule has 0 aromatic heterocycles. The van der Waals surface area contributed by atoms with Gasteiger partial charge in [-0.15, -0.1) is 0 Å². The zero-order valence-electron chi connectivity index (χ0n) is 20.5. The predicted octanol–water partition coefficient (Wildman–Crippen LogP) is -0.0761. The Bertz CT molecular complexity index is 1360. The fraction of sp³-hybridized carbons (Fsp3) is 0.400. The van der Waals surface area contributed by atoms with Crippen LogP contribution in [-0.2, 0) is 25.6 Å². The second kappa shape index (κ2) is 9.26. The number of likely N-dealkylation sites (N-methyl/N-ethyl adjacent to an activating group) is 1. The van der Waals surface area contributed by atoms with Gasteiger partial charge in [-0.2, -0.15) is 0 Å². The van der Waals surface area contributed by atoms with Gasteiger partial charge in [0.1, 0.15) is 17.1 Å². The van der Waals surface area contributed by atoms with Crippen molar-refractivity contribution in [2.75, 3.05) is 19.4 Å². The summed E-state index contributed by atoms with van der Waals surface area (Å²) in [7, 11) is 3.08. The number of carbonyl (C=O) groups excluding carboxylic acids is 4. The molecule has 0 fully saturated rings. The van der Waals surface area contributed by atoms with Crippen LogP contribution in [0.25, 0.3) is 0 Å². The number of rotatable bonds is 6. The van der Waals surface area contributed by atoms with E-state index in [0.29, 0.717) is 5.56 Å². The third-order valence-electron chi connectivity index (χ3n) is 7.44. The molecule has 0 aliphatic heterocycles. The number of nitrogens with one attached hydrogen (secondary N) is 1. The van der Waals surface area contributed by atoms with Crippen molar-refractivity contribution < 1.29 is 49.5 Å². The number of carbonyl (C=O) groups is 5. The number of fused-ring (bicyclic) bond motifs is 3. The Morgan fingerprint density at radius 3 is 2.37 bits per heavy atom. The van der Waals surface area contributed by atoms with Crippen molar-refractivity contribution in [1.29, 1.82) is 0 Å². The van der Waals surface area contributed by atoms with Crippen molar-refractivity contribution in [2.24, 2.45) is 17.6 Å². The lowest BCUT2D eigenvalue weighted by atomic mass is 9.58. The molecular formula is C25H27N3O10. The van der Waals surface area contributed by atoms with Crippen LogP contribution in [0.3, 0.4) is 0 Å². The number of ketones is 2. The number of nitrogens with zero attached hydrogens (tertiary/aromatic N) is 1. The maximum atomic E-state index is 13.6. The molecule has 2 amide bonds. The molecule has 0 heterocycles. The van der Waals surface area contributed by atoms with Gasteiger partial charge in [0, 0.05) is 17.9 Å². The van der Waals surface area contributed by atoms with Crippen LogP contribution in [-0.4, -0.2) is 85.5 Å². The summed E-state index contributed by atoms with van der Waals surface area (Å²) in [5.74, 6) is -9.56. The Labute approximate surface area is 215 Å². The van der Waals surface area contributed by atoms with Crippen LogP contribution in [0.2, 0.25) is 0 Å². The minimum Gasteiger partial charge on any atom is -0.510 e. The van der Waals surface area contributed by atoms with Gasteiger partial charge in [0.15, 0.2) is 17.1 Å². The first-order chi connectivity index (χ1) is 17.7. The smallest absolute Gasteiger partial charge is 0.303 e. The highest BCUT2D eigenvalue weighted by Crippen LogP contribution is 2.52. The quantitative estimate of drug-likeness (QED) is 0.190. The number of phenolic OH excluding ortho intramolecular Hbond substituents is 1. The molecule has 38 heavy (non-hydrogen) atoms. The van der Waals surface area contributed by atoms with E-state index in [9.17, 15) is 44.4 Å². The van der Waals surface area contributed by atoms with E-state index in [1.807, 2.05) is 0 Å². The fourth-order valence-electron chi connectivity index (χ4n) is 5.76. The summed E-state index contributed by atoms with van der Waals surface area (Å²) in [6.07, 6.45) is -0.757. The van der Waals surface area contributed by atoms with Gasteiger partial charge in [-0.3, -0.25) is 28.9 Å². The Morgan fingerprint density at radius 2 is 1.79 bits per heavy atom. The van der Waals surface area contributed by atoms with Crippen LogP contribution in [0.5, 0.6) is 5.75 Å². The molecule has 3 aliphatic carbocycles. The zero-order valence-corrected chi connectivity index (χ0v) is 20.5. The van der Waals surface area contributed by atoms with Crippen LogP contribution in [0.4, 0.5) is 5.69 Å². The molecule has 4 rings (SSSR count). The molecule has 0 saturated carbocycles. The number of benzene rings is 1. The minimum atomic E-state index is -2.75. The van der Waals surface area contributed by atoms with E-state index in [1.165, 1.54) is 31.1 Å². The monoisotopic (exact) mass is 529 g/mol. The molecule has 1 aromatic carbocycles. The number of carboxylic acids is 1. The van der Waals surface area contributed by atoms with E-state index in [-0.39, 0.29) is 36.1 Å². The molecule has 0 radical (unpaired) electrons. The third-order valence-corrected chi connectivity index (χ3v) is 7.44. The first-order valence-corrected chi connectivity index (χ1v) is 11.7. The number of aromatic hydroxyl groups is 1. The third kappa shape index (κ3) is 3.90. The Balaban J connectivity index is 1.81. The number of hydrogen-bond donors (Lipinski definition) is 7. The first kappa shape index (κ1) is 26.8. The van der Waals surface area contributed by atoms with E-state index in [2.05, 4.69) is 5.32 Å². The highest BCUT2D eigenvalue weighted by atomic mass is 16.4. The number of hydrogen-bond acceptors (Lipinski definition) is 10. The van der Waals surface area contributed by atoms with Crippen LogP contribution in [0.1, 0.15) is 35.2 Å². The lowest BCUT2D eigenvalue weighted by molar-refractivity contribution is -0.148. The SMILES string of the molecule is CN(C)C1C(O)=C(C(N)=O)C(=O)C2(O)C(O)=C3C(=O)c4c(ccc(NC(=O)CCC(=O)O)c4O)CC3CC12. The van der Waals surface area contributed by atoms with Crippen molar-refractivity contribution in [3.8, 4) is 5.75 Å². The molecule has 202 valence electrons. The molecule has 0 spiro atoms. The maximum absolute atomic E-state index is 13.6. The summed E-state index contributed by atoms with van der Waals surface area (Å²) in [5.41, 5.74) is 1.29. The van der Waals surface area contributed by atoms with Gasteiger partial charge >= 0.3 is 5.97 Å². The van der Waals surface area contributed by atoms with Crippen LogP contribution >= 0.6 is 0 Å². The highest BCUT2D eigenvalue weighted by molar-refractivity contribution is 6.25. The summed E-state index contributed by atoms with van der Waals surface area (Å²) in [6, 6.07) is 1.76. The largest absolute Gasteiger partial charge is 0.510 e. The Kier molecular flexibility index (Phi) is 6.54. The van der Waals surface area contributed by atoms with Gasteiger partial charge in [0.25, 0.3) is 5.91 Å². The summed E-state index contributed by atoms with van der Waals surface area (Å²) >= 11 is 0. The maximum Gasteiger partial charge on any atom is 0.303 e. The second-order valence-corrected chi connectivity index (χ2v) is 9.90. The van der Waals surface area contributed by atoms with E-state index in [1.54, 1.807) is 0 Å². The van der Waals surface area contributed by atoms with Crippen LogP contribution < -0.4 is 11.1 Å². The predicted molar refractivity (Wildman–Crippen MR) is 129 cm³/mol. The molecule has 3 aliphatic rings. The topological polar surface area (TPSA) is 228 Å². The van der Waals surface area contributed by atoms with E-state index in [4.69, 9.17) is 10.8 Å². The molecule has 13 nitrogen and oxygen atoms in total. The number of carboxylic acid groups (broad SMARTS) is 1. The number of primary amides is 1. The Hall–Kier alpha value is -4.23. The van der Waals surface area contributed by atoms with Crippen molar-refractivity contribution in [3.63, 3.8) is 0 Å². The summed E-state index contributed by atoms with van der Waals surface area (Å²) in [4.78, 5) is 63.1. The van der Waals surface area contributed by atoms with E-state index >= 15 is 0 Å². The summed E-state index contributed by atoms with van der Waals surface area (Å²) in [6.45, 7) is 0. The van der Waals surface area contributed by atoms with E-state index < -0.39 is 82.1 Å². The molecule has 4 atom stereocenters. The highest BCUT2D eigenvalue weighted by Gasteiger charge is 2.63. The van der Waals surface area contributed by atoms with Crippen molar-refractivity contribution in [1.82, 2.24) is 4.90 Å². The van der Waals surface area contributed by atoms with Crippen molar-refractivity contribution in [3.05, 3.63) is 45.9 Å². The number of anilines is 1. The average molecular weight is 530 g/mol. The number of aliphatic carboxylic acids is 1. The zero-order chi connectivity index (χ0) is 28.3. The van der Waals surface area contributed by atoms with Gasteiger partial charge in [-0.05, 0) is 44.5 Å². The number of aliphatic hydroxyl groups excluding tert-OH is 2. The molecule has 0 bridgehead atoms. The van der Waals surface area contributed by atoms with Crippen LogP contribution in [0, 0.1) is 11.8 Å².